The Balaban J connectivity index is 1.05. The standard InChI is InChI=1S/C58H39NS/c1-3-12-40(13-4-1)41-22-24-42(25-23-41)43-26-32-49(33-27-43)59(50-34-28-44(29-35-50)47-31-37-58-55(38-47)54-19-9-10-21-57(54)60-58)56-39-48(30-36-53(56)46-14-5-2-6-15-46)52-20-11-17-45-16-7-8-18-51(45)52/h1-39H. The molecule has 0 spiro atoms. The molecule has 11 aromatic rings. The van der Waals surface area contributed by atoms with Crippen LogP contribution in [0.2, 0.25) is 0 Å². The minimum absolute atomic E-state index is 1.09. The first-order chi connectivity index (χ1) is 29.7. The Hall–Kier alpha value is -7.52. The van der Waals surface area contributed by atoms with Crippen LogP contribution in [0.3, 0.4) is 0 Å². The number of nitrogens with zero attached hydrogens (tertiary/aromatic N) is 1. The van der Waals surface area contributed by atoms with Gasteiger partial charge in [-0.15, -0.1) is 11.3 Å². The lowest BCUT2D eigenvalue weighted by Gasteiger charge is -2.29. The smallest absolute Gasteiger partial charge is 0.0546 e. The highest BCUT2D eigenvalue weighted by Gasteiger charge is 2.20. The molecule has 0 bridgehead atoms. The van der Waals surface area contributed by atoms with Crippen LogP contribution in [0.15, 0.2) is 237 Å². The van der Waals surface area contributed by atoms with Gasteiger partial charge in [0.2, 0.25) is 0 Å². The van der Waals surface area contributed by atoms with Gasteiger partial charge in [0, 0.05) is 37.1 Å². The molecule has 0 aliphatic rings. The summed E-state index contributed by atoms with van der Waals surface area (Å²) in [4.78, 5) is 2.43. The zero-order chi connectivity index (χ0) is 39.8. The number of thiophene rings is 1. The molecule has 10 aromatic carbocycles. The maximum absolute atomic E-state index is 2.43. The van der Waals surface area contributed by atoms with Crippen LogP contribution in [0.5, 0.6) is 0 Å². The lowest BCUT2D eigenvalue weighted by atomic mass is 9.94. The van der Waals surface area contributed by atoms with E-state index in [2.05, 4.69) is 241 Å². The molecular formula is C58H39NS. The van der Waals surface area contributed by atoms with E-state index >= 15 is 0 Å². The molecule has 60 heavy (non-hydrogen) atoms. The van der Waals surface area contributed by atoms with Crippen molar-refractivity contribution in [1.29, 1.82) is 0 Å². The second-order valence-corrected chi connectivity index (χ2v) is 16.4. The third-order valence-electron chi connectivity index (χ3n) is 11.7. The van der Waals surface area contributed by atoms with Crippen LogP contribution in [0.4, 0.5) is 17.1 Å². The van der Waals surface area contributed by atoms with Crippen molar-refractivity contribution in [3.8, 4) is 55.6 Å². The molecule has 0 unspecified atom stereocenters. The average molecular weight is 782 g/mol. The Morgan fingerprint density at radius 3 is 1.43 bits per heavy atom. The van der Waals surface area contributed by atoms with Gasteiger partial charge in [-0.05, 0) is 109 Å². The molecule has 0 saturated carbocycles. The number of benzene rings is 10. The summed E-state index contributed by atoms with van der Waals surface area (Å²) in [6.07, 6.45) is 0. The lowest BCUT2D eigenvalue weighted by Crippen LogP contribution is -2.11. The van der Waals surface area contributed by atoms with E-state index in [0.717, 1.165) is 17.1 Å². The molecule has 0 radical (unpaired) electrons. The van der Waals surface area contributed by atoms with Gasteiger partial charge in [0.25, 0.3) is 0 Å². The van der Waals surface area contributed by atoms with Crippen LogP contribution in [0.1, 0.15) is 0 Å². The first-order valence-corrected chi connectivity index (χ1v) is 21.3. The van der Waals surface area contributed by atoms with Crippen LogP contribution in [0, 0.1) is 0 Å². The predicted octanol–water partition coefficient (Wildman–Crippen LogP) is 17.0. The average Bonchev–Trinajstić information content (AvgIpc) is 3.71. The molecule has 282 valence electrons. The van der Waals surface area contributed by atoms with Gasteiger partial charge in [-0.25, -0.2) is 0 Å². The summed E-state index contributed by atoms with van der Waals surface area (Å²) in [6, 6.07) is 86.2. The number of hydrogen-bond acceptors (Lipinski definition) is 2. The second-order valence-electron chi connectivity index (χ2n) is 15.3. The van der Waals surface area contributed by atoms with Crippen molar-refractivity contribution in [2.75, 3.05) is 4.90 Å². The van der Waals surface area contributed by atoms with Crippen molar-refractivity contribution in [2.45, 2.75) is 0 Å². The normalized spacial score (nSPS) is 11.3. The fraction of sp³-hybridized carbons (Fsp3) is 0. The fourth-order valence-corrected chi connectivity index (χ4v) is 9.73. The minimum atomic E-state index is 1.09. The minimum Gasteiger partial charge on any atom is -0.310 e. The SMILES string of the molecule is c1ccc(-c2ccc(-c3ccc(N(c4ccc(-c5ccc6sc7ccccc7c6c5)cc4)c4cc(-c5cccc6ccccc56)ccc4-c4ccccc4)cc3)cc2)cc1. The lowest BCUT2D eigenvalue weighted by molar-refractivity contribution is 1.28. The Bertz CT molecular complexity index is 3270. The van der Waals surface area contributed by atoms with Crippen LogP contribution < -0.4 is 4.90 Å². The summed E-state index contributed by atoms with van der Waals surface area (Å²) in [5.41, 5.74) is 15.2. The molecule has 11 rings (SSSR count). The van der Waals surface area contributed by atoms with Gasteiger partial charge in [-0.3, -0.25) is 0 Å². The highest BCUT2D eigenvalue weighted by Crippen LogP contribution is 2.45. The van der Waals surface area contributed by atoms with Crippen LogP contribution in [-0.2, 0) is 0 Å². The molecule has 0 N–H and O–H groups in total. The monoisotopic (exact) mass is 781 g/mol. The van der Waals surface area contributed by atoms with Gasteiger partial charge in [0.05, 0.1) is 5.69 Å². The van der Waals surface area contributed by atoms with E-state index in [4.69, 9.17) is 0 Å². The Morgan fingerprint density at radius 2 is 0.750 bits per heavy atom. The largest absolute Gasteiger partial charge is 0.310 e. The first kappa shape index (κ1) is 35.6. The number of hydrogen-bond donors (Lipinski definition) is 0. The fourth-order valence-electron chi connectivity index (χ4n) is 8.65. The molecule has 0 aliphatic heterocycles. The Morgan fingerprint density at radius 1 is 0.267 bits per heavy atom. The van der Waals surface area contributed by atoms with Crippen LogP contribution in [0.25, 0.3) is 86.6 Å². The molecule has 2 heteroatoms. The summed E-state index contributed by atoms with van der Waals surface area (Å²) in [5, 5.41) is 5.10. The third-order valence-corrected chi connectivity index (χ3v) is 12.9. The van der Waals surface area contributed by atoms with Crippen LogP contribution >= 0.6 is 11.3 Å². The second kappa shape index (κ2) is 15.3. The third kappa shape index (κ3) is 6.63. The summed E-state index contributed by atoms with van der Waals surface area (Å²) in [7, 11) is 0. The van der Waals surface area contributed by atoms with Gasteiger partial charge in [0.1, 0.15) is 0 Å². The van der Waals surface area contributed by atoms with Crippen molar-refractivity contribution in [1.82, 2.24) is 0 Å². The number of anilines is 3. The highest BCUT2D eigenvalue weighted by molar-refractivity contribution is 7.25. The molecular weight excluding hydrogens is 743 g/mol. The molecule has 0 amide bonds. The van der Waals surface area contributed by atoms with Gasteiger partial charge < -0.3 is 4.90 Å². The van der Waals surface area contributed by atoms with Crippen molar-refractivity contribution in [3.05, 3.63) is 237 Å². The molecule has 0 atom stereocenters. The van der Waals surface area contributed by atoms with Crippen molar-refractivity contribution in [3.63, 3.8) is 0 Å². The highest BCUT2D eigenvalue weighted by atomic mass is 32.1. The molecule has 0 aliphatic carbocycles. The topological polar surface area (TPSA) is 3.24 Å². The van der Waals surface area contributed by atoms with E-state index < -0.39 is 0 Å². The van der Waals surface area contributed by atoms with Gasteiger partial charge in [-0.2, -0.15) is 0 Å². The van der Waals surface area contributed by atoms with Crippen molar-refractivity contribution < 1.29 is 0 Å². The van der Waals surface area contributed by atoms with Gasteiger partial charge in [-0.1, -0.05) is 188 Å². The summed E-state index contributed by atoms with van der Waals surface area (Å²) >= 11 is 1.86. The van der Waals surface area contributed by atoms with E-state index in [-0.39, 0.29) is 0 Å². The number of rotatable bonds is 8. The van der Waals surface area contributed by atoms with Gasteiger partial charge >= 0.3 is 0 Å². The van der Waals surface area contributed by atoms with E-state index in [1.54, 1.807) is 0 Å². The van der Waals surface area contributed by atoms with E-state index in [0.29, 0.717) is 0 Å². The maximum atomic E-state index is 2.43. The zero-order valence-corrected chi connectivity index (χ0v) is 33.7. The predicted molar refractivity (Wildman–Crippen MR) is 259 cm³/mol. The first-order valence-electron chi connectivity index (χ1n) is 20.5. The van der Waals surface area contributed by atoms with E-state index in [9.17, 15) is 0 Å². The Labute approximate surface area is 354 Å². The van der Waals surface area contributed by atoms with Crippen molar-refractivity contribution >= 4 is 59.3 Å². The Kier molecular flexibility index (Phi) is 9.11. The summed E-state index contributed by atoms with van der Waals surface area (Å²) in [6.45, 7) is 0. The quantitative estimate of drug-likeness (QED) is 0.148. The van der Waals surface area contributed by atoms with Gasteiger partial charge in [0.15, 0.2) is 0 Å². The number of fused-ring (bicyclic) bond motifs is 4. The zero-order valence-electron chi connectivity index (χ0n) is 32.9. The van der Waals surface area contributed by atoms with E-state index in [1.165, 1.54) is 86.6 Å². The molecule has 0 fully saturated rings. The maximum Gasteiger partial charge on any atom is 0.0546 e. The van der Waals surface area contributed by atoms with Crippen molar-refractivity contribution in [2.24, 2.45) is 0 Å². The molecule has 0 saturated heterocycles. The molecule has 1 nitrogen and oxygen atoms in total. The summed E-state index contributed by atoms with van der Waals surface area (Å²) < 4.78 is 2.64. The molecule has 1 heterocycles. The molecule has 1 aromatic heterocycles. The van der Waals surface area contributed by atoms with E-state index in [1.807, 2.05) is 11.3 Å². The summed E-state index contributed by atoms with van der Waals surface area (Å²) in [5.74, 6) is 0. The van der Waals surface area contributed by atoms with Crippen LogP contribution in [-0.4, -0.2) is 0 Å².